The Hall–Kier alpha value is -2.57. The normalized spacial score (nSPS) is 11.1. The monoisotopic (exact) mass is 374 g/mol. The number of benzene rings is 1. The minimum atomic E-state index is -0.313. The second kappa shape index (κ2) is 8.00. The topological polar surface area (TPSA) is 71.3 Å². The number of carbonyl (C=O) groups excluding carboxylic acids is 2. The third-order valence-corrected chi connectivity index (χ3v) is 5.06. The molecule has 0 bridgehead atoms. The van der Waals surface area contributed by atoms with E-state index in [2.05, 4.69) is 10.6 Å². The van der Waals surface area contributed by atoms with Crippen LogP contribution in [0.25, 0.3) is 16.2 Å². The fraction of sp³-hybridized carbons (Fsp3) is 0.111. The van der Waals surface area contributed by atoms with Gasteiger partial charge in [0.15, 0.2) is 5.76 Å². The van der Waals surface area contributed by atoms with E-state index < -0.39 is 0 Å². The summed E-state index contributed by atoms with van der Waals surface area (Å²) in [6, 6.07) is 11.0. The van der Waals surface area contributed by atoms with Gasteiger partial charge in [0.25, 0.3) is 5.91 Å². The van der Waals surface area contributed by atoms with Gasteiger partial charge in [-0.3, -0.25) is 9.59 Å². The maximum absolute atomic E-state index is 11.8. The summed E-state index contributed by atoms with van der Waals surface area (Å²) in [5.41, 5.74) is 0. The van der Waals surface area contributed by atoms with Crippen molar-refractivity contribution in [3.63, 3.8) is 0 Å². The van der Waals surface area contributed by atoms with Crippen LogP contribution >= 0.6 is 22.9 Å². The minimum Gasteiger partial charge on any atom is -0.459 e. The Kier molecular flexibility index (Phi) is 5.53. The van der Waals surface area contributed by atoms with E-state index >= 15 is 0 Å². The first-order valence-electron chi connectivity index (χ1n) is 7.60. The zero-order chi connectivity index (χ0) is 17.6. The van der Waals surface area contributed by atoms with Crippen molar-refractivity contribution in [1.82, 2.24) is 10.6 Å². The van der Waals surface area contributed by atoms with Crippen molar-refractivity contribution in [2.24, 2.45) is 0 Å². The lowest BCUT2D eigenvalue weighted by molar-refractivity contribution is -0.116. The van der Waals surface area contributed by atoms with Crippen molar-refractivity contribution in [2.45, 2.75) is 0 Å². The molecule has 0 saturated carbocycles. The third-order valence-electron chi connectivity index (χ3n) is 3.40. The number of hydrogen-bond donors (Lipinski definition) is 2. The van der Waals surface area contributed by atoms with E-state index in [0.29, 0.717) is 18.1 Å². The Morgan fingerprint density at radius 2 is 1.92 bits per heavy atom. The summed E-state index contributed by atoms with van der Waals surface area (Å²) in [7, 11) is 0. The number of nitrogens with one attached hydrogen (secondary N) is 2. The lowest BCUT2D eigenvalue weighted by atomic mass is 10.2. The highest BCUT2D eigenvalue weighted by atomic mass is 35.5. The van der Waals surface area contributed by atoms with Gasteiger partial charge in [0.2, 0.25) is 5.91 Å². The van der Waals surface area contributed by atoms with Crippen LogP contribution in [0.15, 0.2) is 53.2 Å². The van der Waals surface area contributed by atoms with Crippen molar-refractivity contribution in [2.75, 3.05) is 13.1 Å². The van der Waals surface area contributed by atoms with E-state index in [0.717, 1.165) is 15.0 Å². The summed E-state index contributed by atoms with van der Waals surface area (Å²) in [5, 5.41) is 6.98. The second-order valence-electron chi connectivity index (χ2n) is 5.13. The largest absolute Gasteiger partial charge is 0.459 e. The molecule has 25 heavy (non-hydrogen) atoms. The van der Waals surface area contributed by atoms with Crippen LogP contribution in [0.5, 0.6) is 0 Å². The SMILES string of the molecule is O=C(/C=C/c1sc2ccccc2c1Cl)NCCNC(=O)c1ccco1. The predicted molar refractivity (Wildman–Crippen MR) is 99.9 cm³/mol. The summed E-state index contributed by atoms with van der Waals surface area (Å²) in [4.78, 5) is 24.3. The highest BCUT2D eigenvalue weighted by Crippen LogP contribution is 2.35. The molecule has 0 saturated heterocycles. The van der Waals surface area contributed by atoms with Crippen LogP contribution in [-0.4, -0.2) is 24.9 Å². The lowest BCUT2D eigenvalue weighted by Gasteiger charge is -2.03. The molecular formula is C18H15ClN2O3S. The quantitative estimate of drug-likeness (QED) is 0.510. The first-order valence-corrected chi connectivity index (χ1v) is 8.79. The molecule has 0 radical (unpaired) electrons. The molecule has 2 N–H and O–H groups in total. The molecule has 2 amide bonds. The molecule has 0 aliphatic heterocycles. The van der Waals surface area contributed by atoms with Gasteiger partial charge in [0.1, 0.15) is 0 Å². The number of amides is 2. The summed E-state index contributed by atoms with van der Waals surface area (Å²) in [6.07, 6.45) is 4.56. The van der Waals surface area contributed by atoms with Crippen LogP contribution in [-0.2, 0) is 4.79 Å². The summed E-state index contributed by atoms with van der Waals surface area (Å²) >= 11 is 7.85. The van der Waals surface area contributed by atoms with Gasteiger partial charge >= 0.3 is 0 Å². The molecule has 0 aliphatic rings. The second-order valence-corrected chi connectivity index (χ2v) is 6.60. The molecule has 128 valence electrons. The standard InChI is InChI=1S/C18H15ClN2O3S/c19-17-12-4-1-2-6-14(12)25-15(17)7-8-16(22)20-9-10-21-18(23)13-5-3-11-24-13/h1-8,11H,9-10H2,(H,20,22)(H,21,23)/b8-7+. The van der Waals surface area contributed by atoms with Crippen LogP contribution in [0.3, 0.4) is 0 Å². The molecule has 1 aromatic carbocycles. The van der Waals surface area contributed by atoms with Crippen LogP contribution in [0, 0.1) is 0 Å². The molecule has 3 rings (SSSR count). The highest BCUT2D eigenvalue weighted by molar-refractivity contribution is 7.20. The zero-order valence-electron chi connectivity index (χ0n) is 13.1. The first kappa shape index (κ1) is 17.3. The average Bonchev–Trinajstić information content (AvgIpc) is 3.26. The van der Waals surface area contributed by atoms with Gasteiger partial charge in [-0.2, -0.15) is 0 Å². The van der Waals surface area contributed by atoms with E-state index in [9.17, 15) is 9.59 Å². The fourth-order valence-electron chi connectivity index (χ4n) is 2.21. The molecule has 5 nitrogen and oxygen atoms in total. The number of rotatable bonds is 6. The van der Waals surface area contributed by atoms with Crippen molar-refractivity contribution < 1.29 is 14.0 Å². The average molecular weight is 375 g/mol. The summed E-state index contributed by atoms with van der Waals surface area (Å²) < 4.78 is 6.05. The van der Waals surface area contributed by atoms with Gasteiger partial charge in [-0.15, -0.1) is 11.3 Å². The molecule has 7 heteroatoms. The lowest BCUT2D eigenvalue weighted by Crippen LogP contribution is -2.33. The maximum Gasteiger partial charge on any atom is 0.287 e. The van der Waals surface area contributed by atoms with Crippen LogP contribution in [0.1, 0.15) is 15.4 Å². The van der Waals surface area contributed by atoms with Crippen molar-refractivity contribution in [1.29, 1.82) is 0 Å². The molecule has 0 fully saturated rings. The fourth-order valence-corrected chi connectivity index (χ4v) is 3.61. The zero-order valence-corrected chi connectivity index (χ0v) is 14.7. The van der Waals surface area contributed by atoms with Crippen molar-refractivity contribution in [3.8, 4) is 0 Å². The van der Waals surface area contributed by atoms with Crippen LogP contribution in [0.4, 0.5) is 0 Å². The molecular weight excluding hydrogens is 360 g/mol. The van der Waals surface area contributed by atoms with Gasteiger partial charge in [0.05, 0.1) is 11.3 Å². The van der Waals surface area contributed by atoms with Crippen molar-refractivity contribution in [3.05, 3.63) is 64.4 Å². The summed E-state index contributed by atoms with van der Waals surface area (Å²) in [5.74, 6) is -0.321. The van der Waals surface area contributed by atoms with Gasteiger partial charge in [-0.25, -0.2) is 0 Å². The molecule has 0 unspecified atom stereocenters. The van der Waals surface area contributed by atoms with Crippen molar-refractivity contribution >= 4 is 50.9 Å². The van der Waals surface area contributed by atoms with E-state index in [1.54, 1.807) is 18.2 Å². The van der Waals surface area contributed by atoms with Crippen LogP contribution in [0.2, 0.25) is 5.02 Å². The molecule has 0 atom stereocenters. The maximum atomic E-state index is 11.8. The minimum absolute atomic E-state index is 0.241. The number of fused-ring (bicyclic) bond motifs is 1. The Bertz CT molecular complexity index is 916. The number of halogens is 1. The Morgan fingerprint density at radius 1 is 1.12 bits per heavy atom. The third kappa shape index (κ3) is 4.29. The number of thiophene rings is 1. The van der Waals surface area contributed by atoms with E-state index in [1.165, 1.54) is 23.7 Å². The van der Waals surface area contributed by atoms with E-state index in [-0.39, 0.29) is 17.6 Å². The molecule has 3 aromatic rings. The number of hydrogen-bond acceptors (Lipinski definition) is 4. The molecule has 2 heterocycles. The molecule has 2 aromatic heterocycles. The summed E-state index contributed by atoms with van der Waals surface area (Å²) in [6.45, 7) is 0.624. The first-order chi connectivity index (χ1) is 12.1. The van der Waals surface area contributed by atoms with Gasteiger partial charge in [-0.05, 0) is 24.3 Å². The Balaban J connectivity index is 1.48. The molecule has 0 spiro atoms. The molecule has 0 aliphatic carbocycles. The van der Waals surface area contributed by atoms with Gasteiger partial charge in [-0.1, -0.05) is 29.8 Å². The Labute approximate surface area is 153 Å². The van der Waals surface area contributed by atoms with E-state index in [4.69, 9.17) is 16.0 Å². The van der Waals surface area contributed by atoms with Crippen LogP contribution < -0.4 is 10.6 Å². The van der Waals surface area contributed by atoms with Gasteiger partial charge in [0, 0.05) is 34.1 Å². The number of furan rings is 1. The Morgan fingerprint density at radius 3 is 2.68 bits per heavy atom. The van der Waals surface area contributed by atoms with Gasteiger partial charge < -0.3 is 15.1 Å². The van der Waals surface area contributed by atoms with E-state index in [1.807, 2.05) is 24.3 Å². The smallest absolute Gasteiger partial charge is 0.287 e. The number of carbonyl (C=O) groups is 2. The predicted octanol–water partition coefficient (Wildman–Crippen LogP) is 3.71. The highest BCUT2D eigenvalue weighted by Gasteiger charge is 2.08.